The van der Waals surface area contributed by atoms with Crippen molar-refractivity contribution >= 4 is 10.8 Å². The molecule has 0 aliphatic heterocycles. The highest BCUT2D eigenvalue weighted by molar-refractivity contribution is 5.96. The summed E-state index contributed by atoms with van der Waals surface area (Å²) in [5, 5.41) is 12.1. The standard InChI is InChI=1S/C15H11NO/c17-14-9-4-10-16-15(14)13-8-3-6-11-5-1-2-7-12(11)13/h1-10,17H. The van der Waals surface area contributed by atoms with Crippen molar-refractivity contribution in [2.75, 3.05) is 0 Å². The van der Waals surface area contributed by atoms with Crippen molar-refractivity contribution in [3.63, 3.8) is 0 Å². The zero-order chi connectivity index (χ0) is 11.7. The highest BCUT2D eigenvalue weighted by Gasteiger charge is 2.07. The van der Waals surface area contributed by atoms with Crippen molar-refractivity contribution in [3.05, 3.63) is 60.8 Å². The molecule has 0 fully saturated rings. The first-order chi connectivity index (χ1) is 8.36. The van der Waals surface area contributed by atoms with Crippen LogP contribution in [0.2, 0.25) is 0 Å². The lowest BCUT2D eigenvalue weighted by Crippen LogP contribution is -1.85. The van der Waals surface area contributed by atoms with Crippen LogP contribution < -0.4 is 0 Å². The fourth-order valence-electron chi connectivity index (χ4n) is 2.04. The summed E-state index contributed by atoms with van der Waals surface area (Å²) in [7, 11) is 0. The Kier molecular flexibility index (Phi) is 2.26. The Morgan fingerprint density at radius 1 is 0.824 bits per heavy atom. The molecule has 0 saturated carbocycles. The number of hydrogen-bond donors (Lipinski definition) is 1. The van der Waals surface area contributed by atoms with Crippen LogP contribution in [0.25, 0.3) is 22.0 Å². The van der Waals surface area contributed by atoms with Gasteiger partial charge < -0.3 is 5.11 Å². The second kappa shape index (κ2) is 3.91. The Balaban J connectivity index is 2.35. The van der Waals surface area contributed by atoms with Gasteiger partial charge in [0.25, 0.3) is 0 Å². The maximum Gasteiger partial charge on any atom is 0.141 e. The Morgan fingerprint density at radius 3 is 2.53 bits per heavy atom. The van der Waals surface area contributed by atoms with Crippen molar-refractivity contribution in [3.8, 4) is 17.0 Å². The van der Waals surface area contributed by atoms with Gasteiger partial charge in [-0.05, 0) is 22.9 Å². The van der Waals surface area contributed by atoms with Gasteiger partial charge in [-0.15, -0.1) is 0 Å². The SMILES string of the molecule is Oc1cccnc1-c1cccc2ccccc12. The highest BCUT2D eigenvalue weighted by atomic mass is 16.3. The summed E-state index contributed by atoms with van der Waals surface area (Å²) in [6.45, 7) is 0. The number of pyridine rings is 1. The molecule has 0 radical (unpaired) electrons. The maximum atomic E-state index is 9.86. The van der Waals surface area contributed by atoms with Crippen molar-refractivity contribution in [2.24, 2.45) is 0 Å². The fourth-order valence-corrected chi connectivity index (χ4v) is 2.04. The molecule has 3 aromatic rings. The van der Waals surface area contributed by atoms with Gasteiger partial charge >= 0.3 is 0 Å². The largest absolute Gasteiger partial charge is 0.506 e. The van der Waals surface area contributed by atoms with Crippen LogP contribution in [0.4, 0.5) is 0 Å². The predicted octanol–water partition coefficient (Wildman–Crippen LogP) is 3.61. The van der Waals surface area contributed by atoms with E-state index in [0.29, 0.717) is 5.69 Å². The molecule has 17 heavy (non-hydrogen) atoms. The Labute approximate surface area is 99.2 Å². The van der Waals surface area contributed by atoms with Crippen LogP contribution in [0.3, 0.4) is 0 Å². The minimum atomic E-state index is 0.212. The van der Waals surface area contributed by atoms with E-state index in [9.17, 15) is 5.11 Å². The molecule has 0 aliphatic rings. The highest BCUT2D eigenvalue weighted by Crippen LogP contribution is 2.32. The molecular formula is C15H11NO. The topological polar surface area (TPSA) is 33.1 Å². The predicted molar refractivity (Wildman–Crippen MR) is 68.8 cm³/mol. The molecule has 2 aromatic carbocycles. The van der Waals surface area contributed by atoms with Gasteiger partial charge in [0.1, 0.15) is 11.4 Å². The first-order valence-corrected chi connectivity index (χ1v) is 5.48. The Morgan fingerprint density at radius 2 is 1.65 bits per heavy atom. The van der Waals surface area contributed by atoms with E-state index in [4.69, 9.17) is 0 Å². The molecule has 1 heterocycles. The molecule has 3 rings (SSSR count). The molecule has 0 amide bonds. The third kappa shape index (κ3) is 1.64. The average Bonchev–Trinajstić information content (AvgIpc) is 2.39. The van der Waals surface area contributed by atoms with Gasteiger partial charge in [0.15, 0.2) is 0 Å². The summed E-state index contributed by atoms with van der Waals surface area (Å²) in [6.07, 6.45) is 1.69. The molecule has 0 spiro atoms. The zero-order valence-electron chi connectivity index (χ0n) is 9.17. The van der Waals surface area contributed by atoms with Gasteiger partial charge in [0, 0.05) is 11.8 Å². The van der Waals surface area contributed by atoms with Gasteiger partial charge in [-0.1, -0.05) is 42.5 Å². The van der Waals surface area contributed by atoms with Crippen molar-refractivity contribution < 1.29 is 5.11 Å². The lowest BCUT2D eigenvalue weighted by molar-refractivity contribution is 0.475. The van der Waals surface area contributed by atoms with E-state index in [0.717, 1.165) is 16.3 Å². The van der Waals surface area contributed by atoms with Gasteiger partial charge in [0.2, 0.25) is 0 Å². The van der Waals surface area contributed by atoms with Gasteiger partial charge in [-0.2, -0.15) is 0 Å². The first kappa shape index (κ1) is 9.85. The van der Waals surface area contributed by atoms with E-state index in [1.54, 1.807) is 18.3 Å². The first-order valence-electron chi connectivity index (χ1n) is 5.48. The molecule has 1 N–H and O–H groups in total. The molecule has 2 heteroatoms. The molecule has 0 bridgehead atoms. The maximum absolute atomic E-state index is 9.86. The van der Waals surface area contributed by atoms with Crippen LogP contribution in [0.1, 0.15) is 0 Å². The second-order valence-corrected chi connectivity index (χ2v) is 3.90. The zero-order valence-corrected chi connectivity index (χ0v) is 9.17. The summed E-state index contributed by atoms with van der Waals surface area (Å²) in [5.74, 6) is 0.212. The summed E-state index contributed by atoms with van der Waals surface area (Å²) in [6, 6.07) is 17.5. The van der Waals surface area contributed by atoms with E-state index < -0.39 is 0 Å². The molecule has 0 unspecified atom stereocenters. The van der Waals surface area contributed by atoms with E-state index >= 15 is 0 Å². The van der Waals surface area contributed by atoms with Crippen LogP contribution in [0, 0.1) is 0 Å². The van der Waals surface area contributed by atoms with E-state index in [2.05, 4.69) is 17.1 Å². The average molecular weight is 221 g/mol. The molecule has 1 aromatic heterocycles. The Bertz CT molecular complexity index is 671. The van der Waals surface area contributed by atoms with E-state index in [1.807, 2.05) is 30.3 Å². The number of benzene rings is 2. The van der Waals surface area contributed by atoms with E-state index in [-0.39, 0.29) is 5.75 Å². The van der Waals surface area contributed by atoms with Gasteiger partial charge in [-0.3, -0.25) is 4.98 Å². The molecule has 82 valence electrons. The molecule has 0 aliphatic carbocycles. The molecule has 0 saturated heterocycles. The number of aromatic nitrogens is 1. The number of fused-ring (bicyclic) bond motifs is 1. The lowest BCUT2D eigenvalue weighted by atomic mass is 10.0. The minimum absolute atomic E-state index is 0.212. The number of nitrogens with zero attached hydrogens (tertiary/aromatic N) is 1. The summed E-state index contributed by atoms with van der Waals surface area (Å²) in [5.41, 5.74) is 1.59. The van der Waals surface area contributed by atoms with Crippen molar-refractivity contribution in [1.29, 1.82) is 0 Å². The molecular weight excluding hydrogens is 210 g/mol. The molecule has 0 atom stereocenters. The number of hydrogen-bond acceptors (Lipinski definition) is 2. The van der Waals surface area contributed by atoms with Crippen LogP contribution in [0.5, 0.6) is 5.75 Å². The quantitative estimate of drug-likeness (QED) is 0.681. The Hall–Kier alpha value is -2.35. The second-order valence-electron chi connectivity index (χ2n) is 3.90. The van der Waals surface area contributed by atoms with Crippen LogP contribution in [-0.2, 0) is 0 Å². The van der Waals surface area contributed by atoms with Gasteiger partial charge in [-0.25, -0.2) is 0 Å². The minimum Gasteiger partial charge on any atom is -0.506 e. The number of rotatable bonds is 1. The summed E-state index contributed by atoms with van der Waals surface area (Å²) < 4.78 is 0. The fraction of sp³-hybridized carbons (Fsp3) is 0. The van der Waals surface area contributed by atoms with Crippen molar-refractivity contribution in [1.82, 2.24) is 4.98 Å². The summed E-state index contributed by atoms with van der Waals surface area (Å²) in [4.78, 5) is 4.25. The lowest BCUT2D eigenvalue weighted by Gasteiger charge is -2.07. The molecule has 2 nitrogen and oxygen atoms in total. The number of aromatic hydroxyl groups is 1. The van der Waals surface area contributed by atoms with E-state index in [1.165, 1.54) is 0 Å². The summed E-state index contributed by atoms with van der Waals surface area (Å²) >= 11 is 0. The van der Waals surface area contributed by atoms with Crippen LogP contribution in [-0.4, -0.2) is 10.1 Å². The van der Waals surface area contributed by atoms with Crippen molar-refractivity contribution in [2.45, 2.75) is 0 Å². The monoisotopic (exact) mass is 221 g/mol. The third-order valence-electron chi connectivity index (χ3n) is 2.83. The van der Waals surface area contributed by atoms with Crippen LogP contribution in [0.15, 0.2) is 60.8 Å². The van der Waals surface area contributed by atoms with Gasteiger partial charge in [0.05, 0.1) is 0 Å². The van der Waals surface area contributed by atoms with Crippen LogP contribution >= 0.6 is 0 Å². The smallest absolute Gasteiger partial charge is 0.141 e. The normalized spacial score (nSPS) is 10.6. The third-order valence-corrected chi connectivity index (χ3v) is 2.83.